The number of rotatable bonds is 5. The van der Waals surface area contributed by atoms with E-state index in [9.17, 15) is 14.0 Å². The van der Waals surface area contributed by atoms with Crippen molar-refractivity contribution < 1.29 is 18.7 Å². The molecule has 0 atom stereocenters. The highest BCUT2D eigenvalue weighted by Crippen LogP contribution is 2.03. The molecular weight excluding hydrogens is 225 g/mol. The second-order valence-electron chi connectivity index (χ2n) is 3.48. The summed E-state index contributed by atoms with van der Waals surface area (Å²) in [6.07, 6.45) is 0.313. The van der Waals surface area contributed by atoms with Crippen LogP contribution in [0.15, 0.2) is 24.3 Å². The second-order valence-corrected chi connectivity index (χ2v) is 3.48. The van der Waals surface area contributed by atoms with Crippen molar-refractivity contribution in [2.45, 2.75) is 12.8 Å². The van der Waals surface area contributed by atoms with E-state index in [1.165, 1.54) is 19.2 Å². The highest BCUT2D eigenvalue weighted by molar-refractivity contribution is 5.79. The fourth-order valence-corrected chi connectivity index (χ4v) is 1.26. The zero-order valence-electron chi connectivity index (χ0n) is 9.53. The minimum Gasteiger partial charge on any atom is -0.469 e. The fourth-order valence-electron chi connectivity index (χ4n) is 1.26. The molecule has 0 heterocycles. The highest BCUT2D eigenvalue weighted by atomic mass is 19.1. The van der Waals surface area contributed by atoms with Crippen LogP contribution in [-0.2, 0) is 20.7 Å². The zero-order chi connectivity index (χ0) is 12.7. The number of nitrogens with one attached hydrogen (secondary N) is 1. The normalized spacial score (nSPS) is 9.76. The molecule has 1 aromatic carbocycles. The molecule has 0 fully saturated rings. The first kappa shape index (κ1) is 13.2. The molecule has 0 aliphatic heterocycles. The predicted molar refractivity (Wildman–Crippen MR) is 59.7 cm³/mol. The Morgan fingerprint density at radius 1 is 1.29 bits per heavy atom. The number of benzene rings is 1. The Bertz CT molecular complexity index is 389. The number of carbonyl (C=O) groups excluding carboxylic acids is 2. The average Bonchev–Trinajstić information content (AvgIpc) is 2.32. The van der Waals surface area contributed by atoms with Crippen molar-refractivity contribution in [1.82, 2.24) is 5.32 Å². The van der Waals surface area contributed by atoms with E-state index in [0.29, 0.717) is 0 Å². The van der Waals surface area contributed by atoms with Crippen LogP contribution < -0.4 is 5.32 Å². The van der Waals surface area contributed by atoms with Crippen molar-refractivity contribution in [3.05, 3.63) is 35.6 Å². The van der Waals surface area contributed by atoms with Crippen LogP contribution >= 0.6 is 0 Å². The largest absolute Gasteiger partial charge is 0.469 e. The van der Waals surface area contributed by atoms with Crippen molar-refractivity contribution >= 4 is 11.9 Å². The van der Waals surface area contributed by atoms with E-state index < -0.39 is 0 Å². The highest BCUT2D eigenvalue weighted by Gasteiger charge is 2.05. The lowest BCUT2D eigenvalue weighted by atomic mass is 10.1. The summed E-state index contributed by atoms with van der Waals surface area (Å²) in [6, 6.07) is 5.71. The van der Waals surface area contributed by atoms with Crippen LogP contribution in [0.1, 0.15) is 12.0 Å². The molecule has 0 unspecified atom stereocenters. The number of hydrogen-bond acceptors (Lipinski definition) is 3. The van der Waals surface area contributed by atoms with Crippen LogP contribution in [0.2, 0.25) is 0 Å². The number of carbonyl (C=O) groups is 2. The average molecular weight is 239 g/mol. The minimum absolute atomic E-state index is 0.145. The first-order valence-electron chi connectivity index (χ1n) is 5.20. The molecule has 0 aliphatic rings. The van der Waals surface area contributed by atoms with Gasteiger partial charge in [-0.1, -0.05) is 12.1 Å². The van der Waals surface area contributed by atoms with Gasteiger partial charge in [0.25, 0.3) is 0 Å². The Labute approximate surface area is 98.8 Å². The van der Waals surface area contributed by atoms with Gasteiger partial charge in [-0.2, -0.15) is 0 Å². The van der Waals surface area contributed by atoms with Gasteiger partial charge in [0.1, 0.15) is 5.82 Å². The Morgan fingerprint density at radius 3 is 2.53 bits per heavy atom. The van der Waals surface area contributed by atoms with Gasteiger partial charge in [-0.3, -0.25) is 9.59 Å². The molecule has 5 heteroatoms. The van der Waals surface area contributed by atoms with Crippen LogP contribution in [0.25, 0.3) is 0 Å². The van der Waals surface area contributed by atoms with Gasteiger partial charge in [0.15, 0.2) is 0 Å². The molecule has 0 aromatic heterocycles. The van der Waals surface area contributed by atoms with Gasteiger partial charge in [-0.05, 0) is 17.7 Å². The van der Waals surface area contributed by atoms with Gasteiger partial charge < -0.3 is 10.1 Å². The number of hydrogen-bond donors (Lipinski definition) is 1. The minimum atomic E-state index is -0.368. The van der Waals surface area contributed by atoms with E-state index in [1.54, 1.807) is 12.1 Å². The molecule has 0 saturated heterocycles. The van der Waals surface area contributed by atoms with E-state index in [4.69, 9.17) is 0 Å². The van der Waals surface area contributed by atoms with E-state index >= 15 is 0 Å². The number of esters is 1. The molecule has 0 aliphatic carbocycles. The molecule has 17 heavy (non-hydrogen) atoms. The van der Waals surface area contributed by atoms with Gasteiger partial charge in [-0.25, -0.2) is 4.39 Å². The molecule has 0 bridgehead atoms. The topological polar surface area (TPSA) is 55.4 Å². The molecule has 0 spiro atoms. The van der Waals surface area contributed by atoms with Gasteiger partial charge in [0, 0.05) is 6.54 Å². The second kappa shape index (κ2) is 6.62. The molecule has 0 radical (unpaired) electrons. The monoisotopic (exact) mass is 239 g/mol. The maximum Gasteiger partial charge on any atom is 0.307 e. The smallest absolute Gasteiger partial charge is 0.307 e. The summed E-state index contributed by atoms with van der Waals surface area (Å²) in [7, 11) is 1.29. The third-order valence-electron chi connectivity index (χ3n) is 2.16. The maximum absolute atomic E-state index is 12.6. The standard InChI is InChI=1S/C12H14FNO3/c1-17-12(16)6-7-14-11(15)8-9-2-4-10(13)5-3-9/h2-5H,6-8H2,1H3,(H,14,15). The Balaban J connectivity index is 2.30. The first-order valence-corrected chi connectivity index (χ1v) is 5.20. The molecule has 4 nitrogen and oxygen atoms in total. The Hall–Kier alpha value is -1.91. The van der Waals surface area contributed by atoms with Gasteiger partial charge in [0.05, 0.1) is 20.0 Å². The molecule has 1 aromatic rings. The van der Waals surface area contributed by atoms with Crippen LogP contribution in [0.5, 0.6) is 0 Å². The summed E-state index contributed by atoms with van der Waals surface area (Å²) >= 11 is 0. The summed E-state index contributed by atoms with van der Waals surface area (Å²) < 4.78 is 17.0. The summed E-state index contributed by atoms with van der Waals surface area (Å²) in [6.45, 7) is 0.243. The number of methoxy groups -OCH3 is 1. The van der Waals surface area contributed by atoms with E-state index in [1.807, 2.05) is 0 Å². The van der Waals surface area contributed by atoms with Crippen LogP contribution in [0.4, 0.5) is 4.39 Å². The summed E-state index contributed by atoms with van der Waals surface area (Å²) in [5.74, 6) is -0.910. The van der Waals surface area contributed by atoms with E-state index in [2.05, 4.69) is 10.1 Å². The molecule has 1 N–H and O–H groups in total. The molecule has 0 saturated carbocycles. The van der Waals surface area contributed by atoms with Crippen LogP contribution in [0.3, 0.4) is 0 Å². The van der Waals surface area contributed by atoms with Crippen LogP contribution in [-0.4, -0.2) is 25.5 Å². The predicted octanol–water partition coefficient (Wildman–Crippen LogP) is 1.05. The maximum atomic E-state index is 12.6. The van der Waals surface area contributed by atoms with Crippen molar-refractivity contribution in [3.63, 3.8) is 0 Å². The van der Waals surface area contributed by atoms with Gasteiger partial charge in [0.2, 0.25) is 5.91 Å². The van der Waals surface area contributed by atoms with Crippen LogP contribution in [0, 0.1) is 5.82 Å². The van der Waals surface area contributed by atoms with Crippen molar-refractivity contribution in [2.24, 2.45) is 0 Å². The third-order valence-corrected chi connectivity index (χ3v) is 2.16. The molecule has 1 amide bonds. The lowest BCUT2D eigenvalue weighted by molar-refractivity contribution is -0.140. The Morgan fingerprint density at radius 2 is 1.94 bits per heavy atom. The zero-order valence-corrected chi connectivity index (χ0v) is 9.53. The number of ether oxygens (including phenoxy) is 1. The van der Waals surface area contributed by atoms with Crippen molar-refractivity contribution in [2.75, 3.05) is 13.7 Å². The first-order chi connectivity index (χ1) is 8.11. The lowest BCUT2D eigenvalue weighted by Crippen LogP contribution is -2.27. The molecule has 92 valence electrons. The lowest BCUT2D eigenvalue weighted by Gasteiger charge is -2.04. The quantitative estimate of drug-likeness (QED) is 0.781. The van der Waals surface area contributed by atoms with E-state index in [-0.39, 0.29) is 37.1 Å². The van der Waals surface area contributed by atoms with E-state index in [0.717, 1.165) is 5.56 Å². The fraction of sp³-hybridized carbons (Fsp3) is 0.333. The van der Waals surface area contributed by atoms with Gasteiger partial charge in [-0.15, -0.1) is 0 Å². The summed E-state index contributed by atoms with van der Waals surface area (Å²) in [5, 5.41) is 2.58. The van der Waals surface area contributed by atoms with Gasteiger partial charge >= 0.3 is 5.97 Å². The van der Waals surface area contributed by atoms with Crippen molar-refractivity contribution in [3.8, 4) is 0 Å². The third kappa shape index (κ3) is 5.10. The van der Waals surface area contributed by atoms with Crippen molar-refractivity contribution in [1.29, 1.82) is 0 Å². The summed E-state index contributed by atoms with van der Waals surface area (Å²) in [4.78, 5) is 22.2. The SMILES string of the molecule is COC(=O)CCNC(=O)Cc1ccc(F)cc1. The molecule has 1 rings (SSSR count). The number of amides is 1. The molecular formula is C12H14FNO3. The number of halogens is 1. The summed E-state index contributed by atoms with van der Waals surface area (Å²) in [5.41, 5.74) is 0.724. The Kier molecular flexibility index (Phi) is 5.13.